The van der Waals surface area contributed by atoms with Crippen LogP contribution in [0.5, 0.6) is 5.75 Å². The third-order valence-corrected chi connectivity index (χ3v) is 8.73. The van der Waals surface area contributed by atoms with Gasteiger partial charge in [0.25, 0.3) is 0 Å². The van der Waals surface area contributed by atoms with Crippen LogP contribution in [0.3, 0.4) is 0 Å². The van der Waals surface area contributed by atoms with Crippen molar-refractivity contribution in [2.75, 3.05) is 11.5 Å². The molecule has 5 nitrogen and oxygen atoms in total. The predicted molar refractivity (Wildman–Crippen MR) is 147 cm³/mol. The first-order valence-electron chi connectivity index (χ1n) is 13.4. The van der Waals surface area contributed by atoms with Crippen molar-refractivity contribution in [2.24, 2.45) is 22.7 Å². The lowest BCUT2D eigenvalue weighted by atomic mass is 9.61. The normalized spacial score (nSPS) is 27.9. The maximum atomic E-state index is 14.7. The van der Waals surface area contributed by atoms with E-state index in [1.165, 1.54) is 4.90 Å². The van der Waals surface area contributed by atoms with Crippen molar-refractivity contribution in [3.05, 3.63) is 96.1 Å². The number of Topliss-reactive ketones (excluding diaryl/α,β-unsaturated/α-hetero) is 1. The Morgan fingerprint density at radius 1 is 0.737 bits per heavy atom. The van der Waals surface area contributed by atoms with Gasteiger partial charge in [-0.15, -0.1) is 0 Å². The molecule has 5 heteroatoms. The second-order valence-corrected chi connectivity index (χ2v) is 10.6. The van der Waals surface area contributed by atoms with Gasteiger partial charge in [-0.25, -0.2) is 4.90 Å². The van der Waals surface area contributed by atoms with Crippen molar-refractivity contribution in [1.29, 1.82) is 0 Å². The van der Waals surface area contributed by atoms with E-state index in [1.807, 2.05) is 81.4 Å². The number of rotatable bonds is 7. The molecule has 2 aliphatic carbocycles. The molecule has 2 amide bonds. The summed E-state index contributed by atoms with van der Waals surface area (Å²) in [6.07, 6.45) is 1.23. The third-order valence-electron chi connectivity index (χ3n) is 8.73. The van der Waals surface area contributed by atoms with Crippen LogP contribution in [0.15, 0.2) is 84.9 Å². The summed E-state index contributed by atoms with van der Waals surface area (Å²) in [5.74, 6) is -1.37. The molecule has 0 N–H and O–H groups in total. The number of hydrogen-bond acceptors (Lipinski definition) is 4. The number of nitrogens with zero attached hydrogens (tertiary/aromatic N) is 1. The van der Waals surface area contributed by atoms with Gasteiger partial charge in [0, 0.05) is 0 Å². The highest BCUT2D eigenvalue weighted by Gasteiger charge is 2.80. The minimum absolute atomic E-state index is 0.00704. The number of hydrogen-bond donors (Lipinski definition) is 0. The molecular weight excluding hydrogens is 474 g/mol. The minimum atomic E-state index is -1.11. The van der Waals surface area contributed by atoms with Crippen molar-refractivity contribution < 1.29 is 19.1 Å². The number of carbonyl (C=O) groups is 3. The summed E-state index contributed by atoms with van der Waals surface area (Å²) in [5, 5.41) is 0. The average Bonchev–Trinajstić information content (AvgIpc) is 3.40. The van der Waals surface area contributed by atoms with Crippen LogP contribution in [-0.4, -0.2) is 24.2 Å². The minimum Gasteiger partial charge on any atom is -0.494 e. The van der Waals surface area contributed by atoms with E-state index >= 15 is 0 Å². The number of anilines is 1. The van der Waals surface area contributed by atoms with Gasteiger partial charge < -0.3 is 4.74 Å². The lowest BCUT2D eigenvalue weighted by Crippen LogP contribution is -2.41. The Labute approximate surface area is 223 Å². The van der Waals surface area contributed by atoms with Gasteiger partial charge in [0.1, 0.15) is 5.75 Å². The van der Waals surface area contributed by atoms with Crippen molar-refractivity contribution in [1.82, 2.24) is 0 Å². The van der Waals surface area contributed by atoms with Crippen molar-refractivity contribution in [2.45, 2.75) is 33.6 Å². The Morgan fingerprint density at radius 3 is 1.84 bits per heavy atom. The molecule has 0 spiro atoms. The summed E-state index contributed by atoms with van der Waals surface area (Å²) < 4.78 is 5.56. The number of benzene rings is 3. The number of ketones is 1. The molecule has 0 unspecified atom stereocenters. The number of carbonyl (C=O) groups excluding carboxylic acids is 3. The van der Waals surface area contributed by atoms with Gasteiger partial charge in [0.15, 0.2) is 5.78 Å². The number of allylic oxidation sites excluding steroid dienone is 2. The zero-order chi connectivity index (χ0) is 26.7. The van der Waals surface area contributed by atoms with E-state index in [0.717, 1.165) is 22.3 Å². The molecule has 4 atom stereocenters. The molecule has 2 fully saturated rings. The van der Waals surface area contributed by atoms with Crippen LogP contribution in [0.2, 0.25) is 0 Å². The van der Waals surface area contributed by atoms with Crippen LogP contribution in [0.25, 0.3) is 11.1 Å². The largest absolute Gasteiger partial charge is 0.494 e. The van der Waals surface area contributed by atoms with E-state index < -0.39 is 22.7 Å². The van der Waals surface area contributed by atoms with Crippen LogP contribution in [0, 0.1) is 22.7 Å². The summed E-state index contributed by atoms with van der Waals surface area (Å²) in [6.45, 7) is 6.38. The fraction of sp³-hybridized carbons (Fsp3) is 0.303. The molecule has 1 aliphatic heterocycles. The van der Waals surface area contributed by atoms with Crippen LogP contribution >= 0.6 is 0 Å². The first kappa shape index (κ1) is 24.4. The Hall–Kier alpha value is -3.99. The standard InChI is InChI=1S/C33H31NO4/c1-4-20-33-26(22-14-10-7-11-15-22)25(21-12-8-6-9-13-21)32(3,31(33)37)27-28(33)30(36)34(29(27)35)23-16-18-24(19-17-23)38-5-2/h6-19,27-28H,4-5,20H2,1-3H3/t27-,28+,32-,33-/m0/s1. The van der Waals surface area contributed by atoms with E-state index in [2.05, 4.69) is 0 Å². The zero-order valence-corrected chi connectivity index (χ0v) is 21.9. The van der Waals surface area contributed by atoms with Gasteiger partial charge in [0.05, 0.1) is 35.0 Å². The van der Waals surface area contributed by atoms with Crippen LogP contribution < -0.4 is 9.64 Å². The van der Waals surface area contributed by atoms with Crippen molar-refractivity contribution >= 4 is 34.4 Å². The predicted octanol–water partition coefficient (Wildman–Crippen LogP) is 6.19. The molecule has 1 saturated carbocycles. The van der Waals surface area contributed by atoms with Crippen LogP contribution in [0.1, 0.15) is 44.7 Å². The van der Waals surface area contributed by atoms with E-state index in [4.69, 9.17) is 4.74 Å². The fourth-order valence-electron chi connectivity index (χ4n) is 7.47. The summed E-state index contributed by atoms with van der Waals surface area (Å²) in [6, 6.07) is 26.9. The second-order valence-electron chi connectivity index (χ2n) is 10.6. The summed E-state index contributed by atoms with van der Waals surface area (Å²) in [7, 11) is 0. The van der Waals surface area contributed by atoms with E-state index in [1.54, 1.807) is 24.3 Å². The molecule has 6 rings (SSSR count). The topological polar surface area (TPSA) is 63.7 Å². The number of amides is 2. The third kappa shape index (κ3) is 3.02. The molecule has 2 bridgehead atoms. The molecule has 3 aromatic carbocycles. The molecule has 0 radical (unpaired) electrons. The number of imide groups is 1. The number of ether oxygens (including phenoxy) is 1. The van der Waals surface area contributed by atoms with Gasteiger partial charge in [-0.1, -0.05) is 74.0 Å². The smallest absolute Gasteiger partial charge is 0.239 e. The second kappa shape index (κ2) is 8.80. The number of fused-ring (bicyclic) bond motifs is 5. The van der Waals surface area contributed by atoms with Crippen molar-refractivity contribution in [3.8, 4) is 5.75 Å². The Bertz CT molecular complexity index is 1460. The summed E-state index contributed by atoms with van der Waals surface area (Å²) >= 11 is 0. The highest BCUT2D eigenvalue weighted by Crippen LogP contribution is 2.74. The SMILES string of the molecule is CCC[C@]12C(=O)[C@@](C)(C(c3ccccc3)=C1c1ccccc1)[C@@H]1C(=O)N(c3ccc(OCC)cc3)C(=O)[C@@H]12. The quantitative estimate of drug-likeness (QED) is 0.359. The molecule has 1 saturated heterocycles. The average molecular weight is 506 g/mol. The maximum absolute atomic E-state index is 14.7. The van der Waals surface area contributed by atoms with E-state index in [-0.39, 0.29) is 17.6 Å². The molecular formula is C33H31NO4. The Kier molecular flexibility index (Phi) is 5.64. The molecule has 38 heavy (non-hydrogen) atoms. The Balaban J connectivity index is 1.59. The van der Waals surface area contributed by atoms with Crippen molar-refractivity contribution in [3.63, 3.8) is 0 Å². The lowest BCUT2D eigenvalue weighted by molar-refractivity contribution is -0.134. The van der Waals surface area contributed by atoms with Gasteiger partial charge in [-0.05, 0) is 66.8 Å². The van der Waals surface area contributed by atoms with E-state index in [9.17, 15) is 14.4 Å². The van der Waals surface area contributed by atoms with Crippen LogP contribution in [0.4, 0.5) is 5.69 Å². The van der Waals surface area contributed by atoms with Gasteiger partial charge in [-0.2, -0.15) is 0 Å². The first-order valence-corrected chi connectivity index (χ1v) is 13.4. The van der Waals surface area contributed by atoms with Gasteiger partial charge in [0.2, 0.25) is 11.8 Å². The molecule has 0 aromatic heterocycles. The highest BCUT2D eigenvalue weighted by atomic mass is 16.5. The van der Waals surface area contributed by atoms with Gasteiger partial charge >= 0.3 is 0 Å². The van der Waals surface area contributed by atoms with E-state index in [0.29, 0.717) is 30.9 Å². The summed E-state index contributed by atoms with van der Waals surface area (Å²) in [4.78, 5) is 44.5. The molecule has 3 aliphatic rings. The first-order chi connectivity index (χ1) is 18.4. The Morgan fingerprint density at radius 2 is 1.29 bits per heavy atom. The van der Waals surface area contributed by atoms with Crippen LogP contribution in [-0.2, 0) is 14.4 Å². The molecule has 192 valence electrons. The zero-order valence-electron chi connectivity index (χ0n) is 21.9. The lowest BCUT2D eigenvalue weighted by Gasteiger charge is -2.37. The summed E-state index contributed by atoms with van der Waals surface area (Å²) in [5.41, 5.74) is 2.01. The molecule has 1 heterocycles. The maximum Gasteiger partial charge on any atom is 0.239 e. The fourth-order valence-corrected chi connectivity index (χ4v) is 7.47. The monoisotopic (exact) mass is 505 g/mol. The van der Waals surface area contributed by atoms with Gasteiger partial charge in [-0.3, -0.25) is 14.4 Å². The highest BCUT2D eigenvalue weighted by molar-refractivity contribution is 6.34. The molecule has 3 aromatic rings.